The molecule has 0 aliphatic carbocycles. The molecule has 1 aromatic heterocycles. The Bertz CT molecular complexity index is 782. The molecule has 0 radical (unpaired) electrons. The van der Waals surface area contributed by atoms with Crippen molar-refractivity contribution in [3.8, 4) is 5.75 Å². The molecule has 6 heteroatoms. The van der Waals surface area contributed by atoms with Gasteiger partial charge in [0.2, 0.25) is 0 Å². The van der Waals surface area contributed by atoms with Crippen molar-refractivity contribution in [3.63, 3.8) is 0 Å². The normalized spacial score (nSPS) is 10.5. The maximum atomic E-state index is 12.1. The zero-order valence-corrected chi connectivity index (χ0v) is 11.5. The van der Waals surface area contributed by atoms with E-state index in [9.17, 15) is 4.79 Å². The Labute approximate surface area is 121 Å². The third-order valence-corrected chi connectivity index (χ3v) is 3.17. The molecule has 21 heavy (non-hydrogen) atoms. The van der Waals surface area contributed by atoms with Crippen LogP contribution in [0.1, 0.15) is 15.9 Å². The molecule has 0 fully saturated rings. The molecule has 1 amide bonds. The van der Waals surface area contributed by atoms with Gasteiger partial charge in [0.15, 0.2) is 0 Å². The number of benzene rings is 2. The molecule has 3 rings (SSSR count). The highest BCUT2D eigenvalue weighted by Crippen LogP contribution is 2.13. The fourth-order valence-corrected chi connectivity index (χ4v) is 2.05. The van der Waals surface area contributed by atoms with Crippen molar-refractivity contribution in [1.29, 1.82) is 0 Å². The molecule has 0 unspecified atom stereocenters. The van der Waals surface area contributed by atoms with Crippen molar-refractivity contribution >= 4 is 16.9 Å². The van der Waals surface area contributed by atoms with Crippen LogP contribution in [0, 0.1) is 0 Å². The monoisotopic (exact) mass is 282 g/mol. The second-order valence-corrected chi connectivity index (χ2v) is 4.56. The van der Waals surface area contributed by atoms with E-state index in [1.807, 2.05) is 24.3 Å². The third-order valence-electron chi connectivity index (χ3n) is 3.17. The van der Waals surface area contributed by atoms with Gasteiger partial charge in [-0.05, 0) is 35.9 Å². The van der Waals surface area contributed by atoms with Gasteiger partial charge in [-0.3, -0.25) is 4.79 Å². The number of amides is 1. The first-order valence-electron chi connectivity index (χ1n) is 6.48. The van der Waals surface area contributed by atoms with Gasteiger partial charge >= 0.3 is 0 Å². The quantitative estimate of drug-likeness (QED) is 0.766. The number of nitrogens with zero attached hydrogens (tertiary/aromatic N) is 2. The topological polar surface area (TPSA) is 79.9 Å². The van der Waals surface area contributed by atoms with Crippen LogP contribution in [0.5, 0.6) is 5.75 Å². The van der Waals surface area contributed by atoms with Gasteiger partial charge in [0.1, 0.15) is 16.8 Å². The van der Waals surface area contributed by atoms with E-state index in [2.05, 4.69) is 20.7 Å². The number of hydrogen-bond acceptors (Lipinski definition) is 4. The average Bonchev–Trinajstić information content (AvgIpc) is 3.00. The van der Waals surface area contributed by atoms with Gasteiger partial charge < -0.3 is 10.1 Å². The van der Waals surface area contributed by atoms with Gasteiger partial charge in [-0.25, -0.2) is 0 Å². The average molecular weight is 282 g/mol. The van der Waals surface area contributed by atoms with Crippen molar-refractivity contribution < 1.29 is 9.53 Å². The molecule has 0 spiro atoms. The van der Waals surface area contributed by atoms with Crippen molar-refractivity contribution in [2.75, 3.05) is 7.11 Å². The zero-order valence-electron chi connectivity index (χ0n) is 11.5. The summed E-state index contributed by atoms with van der Waals surface area (Å²) in [5, 5.41) is 13.3. The molecule has 0 saturated carbocycles. The highest BCUT2D eigenvalue weighted by molar-refractivity contribution is 5.97. The molecule has 0 aliphatic heterocycles. The lowest BCUT2D eigenvalue weighted by Gasteiger charge is -2.07. The fourth-order valence-electron chi connectivity index (χ4n) is 2.05. The molecule has 6 nitrogen and oxygen atoms in total. The molecule has 3 aromatic rings. The predicted molar refractivity (Wildman–Crippen MR) is 78.1 cm³/mol. The Balaban J connectivity index is 1.70. The van der Waals surface area contributed by atoms with Gasteiger partial charge in [0.25, 0.3) is 5.91 Å². The van der Waals surface area contributed by atoms with Crippen LogP contribution >= 0.6 is 0 Å². The van der Waals surface area contributed by atoms with Crippen LogP contribution in [0.15, 0.2) is 42.5 Å². The minimum atomic E-state index is -0.150. The second-order valence-electron chi connectivity index (χ2n) is 4.56. The molecule has 0 bridgehead atoms. The first kappa shape index (κ1) is 13.1. The van der Waals surface area contributed by atoms with E-state index in [4.69, 9.17) is 4.74 Å². The van der Waals surface area contributed by atoms with Crippen LogP contribution in [-0.2, 0) is 6.54 Å². The molecular formula is C15H14N4O2. The van der Waals surface area contributed by atoms with Gasteiger partial charge in [-0.2, -0.15) is 15.4 Å². The smallest absolute Gasteiger partial charge is 0.251 e. The maximum absolute atomic E-state index is 12.1. The fraction of sp³-hybridized carbons (Fsp3) is 0.133. The number of nitrogens with one attached hydrogen (secondary N) is 2. The Hall–Kier alpha value is -2.89. The summed E-state index contributed by atoms with van der Waals surface area (Å²) >= 11 is 0. The van der Waals surface area contributed by atoms with E-state index in [1.165, 1.54) is 0 Å². The lowest BCUT2D eigenvalue weighted by atomic mass is 10.1. The van der Waals surface area contributed by atoms with Crippen molar-refractivity contribution in [1.82, 2.24) is 20.7 Å². The van der Waals surface area contributed by atoms with E-state index in [-0.39, 0.29) is 5.91 Å². The van der Waals surface area contributed by atoms with Crippen LogP contribution in [0.3, 0.4) is 0 Å². The van der Waals surface area contributed by atoms with Crippen molar-refractivity contribution in [2.45, 2.75) is 6.54 Å². The van der Waals surface area contributed by atoms with Crippen LogP contribution in [0.2, 0.25) is 0 Å². The van der Waals surface area contributed by atoms with E-state index in [0.29, 0.717) is 17.6 Å². The number of H-pyrrole nitrogens is 1. The summed E-state index contributed by atoms with van der Waals surface area (Å²) in [6.45, 7) is 0.437. The number of aromatic amines is 1. The number of hydrogen-bond donors (Lipinski definition) is 2. The summed E-state index contributed by atoms with van der Waals surface area (Å²) in [5.74, 6) is 0.619. The summed E-state index contributed by atoms with van der Waals surface area (Å²) in [7, 11) is 1.62. The summed E-state index contributed by atoms with van der Waals surface area (Å²) in [6, 6.07) is 12.8. The van der Waals surface area contributed by atoms with Crippen LogP contribution in [-0.4, -0.2) is 28.4 Å². The van der Waals surface area contributed by atoms with E-state index >= 15 is 0 Å². The number of rotatable bonds is 4. The number of aromatic nitrogens is 3. The minimum absolute atomic E-state index is 0.150. The molecular weight excluding hydrogens is 268 g/mol. The van der Waals surface area contributed by atoms with Crippen molar-refractivity contribution in [2.24, 2.45) is 0 Å². The number of carbonyl (C=O) groups excluding carboxylic acids is 1. The van der Waals surface area contributed by atoms with Gasteiger partial charge in [0.05, 0.1) is 7.11 Å². The largest absolute Gasteiger partial charge is 0.497 e. The van der Waals surface area contributed by atoms with Gasteiger partial charge in [-0.15, -0.1) is 0 Å². The standard InChI is InChI=1S/C15H14N4O2/c1-21-12-4-2-3-10(7-12)9-16-15(20)11-5-6-13-14(8-11)18-19-17-13/h2-8H,9H2,1H3,(H,16,20)(H,17,18,19). The number of methoxy groups -OCH3 is 1. The minimum Gasteiger partial charge on any atom is -0.497 e. The van der Waals surface area contributed by atoms with E-state index < -0.39 is 0 Å². The molecule has 106 valence electrons. The number of ether oxygens (including phenoxy) is 1. The molecule has 2 N–H and O–H groups in total. The SMILES string of the molecule is COc1cccc(CNC(=O)c2ccc3n[nH]nc3c2)c1. The lowest BCUT2D eigenvalue weighted by Crippen LogP contribution is -2.22. The van der Waals surface area contributed by atoms with Crippen LogP contribution in [0.4, 0.5) is 0 Å². The maximum Gasteiger partial charge on any atom is 0.251 e. The van der Waals surface area contributed by atoms with Gasteiger partial charge in [0, 0.05) is 12.1 Å². The Kier molecular flexibility index (Phi) is 3.51. The number of fused-ring (bicyclic) bond motifs is 1. The predicted octanol–water partition coefficient (Wildman–Crippen LogP) is 1.90. The third kappa shape index (κ3) is 2.84. The summed E-state index contributed by atoms with van der Waals surface area (Å²) in [4.78, 5) is 12.1. The van der Waals surface area contributed by atoms with Crippen LogP contribution < -0.4 is 10.1 Å². The highest BCUT2D eigenvalue weighted by Gasteiger charge is 2.08. The summed E-state index contributed by atoms with van der Waals surface area (Å²) in [5.41, 5.74) is 2.94. The van der Waals surface area contributed by atoms with Gasteiger partial charge in [-0.1, -0.05) is 12.1 Å². The molecule has 0 atom stereocenters. The zero-order chi connectivity index (χ0) is 14.7. The lowest BCUT2D eigenvalue weighted by molar-refractivity contribution is 0.0951. The second kappa shape index (κ2) is 5.62. The Morgan fingerprint density at radius 1 is 1.19 bits per heavy atom. The highest BCUT2D eigenvalue weighted by atomic mass is 16.5. The Morgan fingerprint density at radius 2 is 2.05 bits per heavy atom. The molecule has 0 aliphatic rings. The first-order valence-corrected chi connectivity index (χ1v) is 6.48. The molecule has 1 heterocycles. The summed E-state index contributed by atoms with van der Waals surface area (Å²) < 4.78 is 5.15. The Morgan fingerprint density at radius 3 is 2.90 bits per heavy atom. The molecule has 0 saturated heterocycles. The van der Waals surface area contributed by atoms with E-state index in [1.54, 1.807) is 25.3 Å². The van der Waals surface area contributed by atoms with Crippen molar-refractivity contribution in [3.05, 3.63) is 53.6 Å². The van der Waals surface area contributed by atoms with Crippen LogP contribution in [0.25, 0.3) is 11.0 Å². The first-order chi connectivity index (χ1) is 10.3. The molecule has 2 aromatic carbocycles. The summed E-state index contributed by atoms with van der Waals surface area (Å²) in [6.07, 6.45) is 0. The van der Waals surface area contributed by atoms with E-state index in [0.717, 1.165) is 16.8 Å². The number of carbonyl (C=O) groups is 1.